The van der Waals surface area contributed by atoms with Gasteiger partial charge in [0.1, 0.15) is 11.3 Å². The van der Waals surface area contributed by atoms with Crippen molar-refractivity contribution in [3.63, 3.8) is 0 Å². The maximum atomic E-state index is 13.2. The van der Waals surface area contributed by atoms with Gasteiger partial charge in [0.25, 0.3) is 5.91 Å². The van der Waals surface area contributed by atoms with Crippen LogP contribution >= 0.6 is 11.8 Å². The third kappa shape index (κ3) is 5.44. The van der Waals surface area contributed by atoms with E-state index in [1.54, 1.807) is 25.7 Å². The van der Waals surface area contributed by atoms with Crippen molar-refractivity contribution in [3.05, 3.63) is 29.7 Å². The Morgan fingerprint density at radius 2 is 1.71 bits per heavy atom. The van der Waals surface area contributed by atoms with Crippen molar-refractivity contribution in [2.24, 2.45) is 0 Å². The Labute approximate surface area is 182 Å². The van der Waals surface area contributed by atoms with Gasteiger partial charge in [0.2, 0.25) is 0 Å². The standard InChI is InChI=1S/C20H25F3N4O3S/c1-5-31-15-10-13(20(21,22)23)11-27-12-14(24-16(15)27)17(28)25-6-8-26(9-7-25)18(29)30-19(2,3)4/h10-12H,5-9H2,1-4H3. The zero-order chi connectivity index (χ0) is 23.0. The molecular weight excluding hydrogens is 433 g/mol. The fraction of sp³-hybridized carbons (Fsp3) is 0.550. The van der Waals surface area contributed by atoms with Gasteiger partial charge in [-0.05, 0) is 32.6 Å². The summed E-state index contributed by atoms with van der Waals surface area (Å²) in [6.07, 6.45) is -2.66. The van der Waals surface area contributed by atoms with Crippen molar-refractivity contribution >= 4 is 29.4 Å². The van der Waals surface area contributed by atoms with E-state index in [-0.39, 0.29) is 24.7 Å². The number of alkyl halides is 3. The summed E-state index contributed by atoms with van der Waals surface area (Å²) >= 11 is 1.24. The first-order chi connectivity index (χ1) is 14.4. The average Bonchev–Trinajstić information content (AvgIpc) is 3.10. The highest BCUT2D eigenvalue weighted by atomic mass is 32.2. The van der Waals surface area contributed by atoms with Gasteiger partial charge < -0.3 is 18.9 Å². The molecule has 3 rings (SSSR count). The van der Waals surface area contributed by atoms with Gasteiger partial charge in [0, 0.05) is 38.6 Å². The van der Waals surface area contributed by atoms with E-state index in [4.69, 9.17) is 4.74 Å². The molecule has 0 atom stereocenters. The normalized spacial score (nSPS) is 15.5. The quantitative estimate of drug-likeness (QED) is 0.647. The monoisotopic (exact) mass is 458 g/mol. The van der Waals surface area contributed by atoms with Crippen LogP contribution in [0.4, 0.5) is 18.0 Å². The minimum atomic E-state index is -4.50. The second kappa shape index (κ2) is 8.60. The molecule has 3 heterocycles. The third-order valence-corrected chi connectivity index (χ3v) is 5.48. The molecule has 2 aromatic rings. The molecule has 0 bridgehead atoms. The van der Waals surface area contributed by atoms with E-state index in [9.17, 15) is 22.8 Å². The van der Waals surface area contributed by atoms with Crippen LogP contribution < -0.4 is 0 Å². The Morgan fingerprint density at radius 1 is 1.10 bits per heavy atom. The number of nitrogens with zero attached hydrogens (tertiary/aromatic N) is 4. The van der Waals surface area contributed by atoms with Crippen LogP contribution in [0.15, 0.2) is 23.4 Å². The van der Waals surface area contributed by atoms with E-state index in [2.05, 4.69) is 4.98 Å². The van der Waals surface area contributed by atoms with Crippen LogP contribution in [-0.4, -0.2) is 68.7 Å². The summed E-state index contributed by atoms with van der Waals surface area (Å²) in [5, 5.41) is 0. The van der Waals surface area contributed by atoms with Crippen LogP contribution in [-0.2, 0) is 10.9 Å². The van der Waals surface area contributed by atoms with E-state index in [1.165, 1.54) is 27.3 Å². The number of thioether (sulfide) groups is 1. The third-order valence-electron chi connectivity index (χ3n) is 4.58. The zero-order valence-corrected chi connectivity index (χ0v) is 18.6. The zero-order valence-electron chi connectivity index (χ0n) is 17.8. The van der Waals surface area contributed by atoms with Gasteiger partial charge >= 0.3 is 12.3 Å². The molecule has 170 valence electrons. The number of carbonyl (C=O) groups excluding carboxylic acids is 2. The second-order valence-corrected chi connectivity index (χ2v) is 9.45. The lowest BCUT2D eigenvalue weighted by Gasteiger charge is -2.35. The molecule has 0 unspecified atom stereocenters. The van der Waals surface area contributed by atoms with E-state index in [1.807, 2.05) is 6.92 Å². The molecule has 2 amide bonds. The molecule has 7 nitrogen and oxygen atoms in total. The SMILES string of the molecule is CCSc1cc(C(F)(F)F)cn2cc(C(=O)N3CCN(C(=O)OC(C)(C)C)CC3)nc12. The number of imidazole rings is 1. The van der Waals surface area contributed by atoms with E-state index in [0.29, 0.717) is 29.4 Å². The molecule has 0 N–H and O–H groups in total. The molecule has 31 heavy (non-hydrogen) atoms. The lowest BCUT2D eigenvalue weighted by atomic mass is 10.2. The van der Waals surface area contributed by atoms with Crippen molar-refractivity contribution in [2.75, 3.05) is 31.9 Å². The first kappa shape index (κ1) is 23.2. The predicted molar refractivity (Wildman–Crippen MR) is 110 cm³/mol. The Morgan fingerprint density at radius 3 is 2.26 bits per heavy atom. The van der Waals surface area contributed by atoms with Crippen molar-refractivity contribution in [2.45, 2.75) is 44.4 Å². The molecule has 11 heteroatoms. The lowest BCUT2D eigenvalue weighted by Crippen LogP contribution is -2.51. The number of amides is 2. The number of halogens is 3. The summed E-state index contributed by atoms with van der Waals surface area (Å²) < 4.78 is 46.3. The van der Waals surface area contributed by atoms with Crippen LogP contribution in [0.1, 0.15) is 43.7 Å². The highest BCUT2D eigenvalue weighted by molar-refractivity contribution is 7.99. The van der Waals surface area contributed by atoms with Gasteiger partial charge in [0.05, 0.1) is 10.5 Å². The lowest BCUT2D eigenvalue weighted by molar-refractivity contribution is -0.138. The Bertz CT molecular complexity index is 976. The summed E-state index contributed by atoms with van der Waals surface area (Å²) in [6.45, 7) is 8.37. The average molecular weight is 459 g/mol. The van der Waals surface area contributed by atoms with Gasteiger partial charge in [-0.3, -0.25) is 4.79 Å². The van der Waals surface area contributed by atoms with E-state index >= 15 is 0 Å². The van der Waals surface area contributed by atoms with Crippen LogP contribution in [0.25, 0.3) is 5.65 Å². The number of piperazine rings is 1. The molecule has 1 saturated heterocycles. The maximum Gasteiger partial charge on any atom is 0.417 e. The molecule has 1 aliphatic heterocycles. The van der Waals surface area contributed by atoms with E-state index < -0.39 is 23.4 Å². The molecule has 0 spiro atoms. The Hall–Kier alpha value is -2.43. The minimum Gasteiger partial charge on any atom is -0.444 e. The summed E-state index contributed by atoms with van der Waals surface area (Å²) in [5.74, 6) is 0.188. The number of hydrogen-bond donors (Lipinski definition) is 0. The van der Waals surface area contributed by atoms with E-state index in [0.717, 1.165) is 12.3 Å². The summed E-state index contributed by atoms with van der Waals surface area (Å²) in [7, 11) is 0. The number of pyridine rings is 1. The summed E-state index contributed by atoms with van der Waals surface area (Å²) in [6, 6.07) is 1.06. The van der Waals surface area contributed by atoms with Crippen LogP contribution in [0.5, 0.6) is 0 Å². The van der Waals surface area contributed by atoms with Gasteiger partial charge in [-0.2, -0.15) is 13.2 Å². The molecule has 2 aromatic heterocycles. The highest BCUT2D eigenvalue weighted by Crippen LogP contribution is 2.34. The Balaban J connectivity index is 1.77. The number of carbonyl (C=O) groups is 2. The van der Waals surface area contributed by atoms with Gasteiger partial charge in [0.15, 0.2) is 5.65 Å². The summed E-state index contributed by atoms with van der Waals surface area (Å²) in [5.41, 5.74) is -1.01. The van der Waals surface area contributed by atoms with Crippen LogP contribution in [0.2, 0.25) is 0 Å². The molecular formula is C20H25F3N4O3S. The molecule has 1 aliphatic rings. The first-order valence-electron chi connectivity index (χ1n) is 9.89. The fourth-order valence-electron chi connectivity index (χ4n) is 3.17. The van der Waals surface area contributed by atoms with Crippen molar-refractivity contribution < 1.29 is 27.5 Å². The second-order valence-electron chi connectivity index (χ2n) is 8.14. The topological polar surface area (TPSA) is 67.2 Å². The number of fused-ring (bicyclic) bond motifs is 1. The number of hydrogen-bond acceptors (Lipinski definition) is 5. The molecule has 0 aromatic carbocycles. The Kier molecular flexibility index (Phi) is 6.45. The van der Waals surface area contributed by atoms with Gasteiger partial charge in [-0.25, -0.2) is 9.78 Å². The maximum absolute atomic E-state index is 13.2. The smallest absolute Gasteiger partial charge is 0.417 e. The fourth-order valence-corrected chi connectivity index (χ4v) is 3.97. The molecule has 0 saturated carbocycles. The number of aromatic nitrogens is 2. The predicted octanol–water partition coefficient (Wildman–Crippen LogP) is 4.16. The summed E-state index contributed by atoms with van der Waals surface area (Å²) in [4.78, 5) is 32.8. The number of rotatable bonds is 3. The van der Waals surface area contributed by atoms with Crippen molar-refractivity contribution in [3.8, 4) is 0 Å². The number of ether oxygens (including phenoxy) is 1. The molecule has 0 radical (unpaired) electrons. The molecule has 0 aliphatic carbocycles. The highest BCUT2D eigenvalue weighted by Gasteiger charge is 2.33. The van der Waals surface area contributed by atoms with Crippen molar-refractivity contribution in [1.82, 2.24) is 19.2 Å². The largest absolute Gasteiger partial charge is 0.444 e. The van der Waals surface area contributed by atoms with Gasteiger partial charge in [-0.1, -0.05) is 6.92 Å². The first-order valence-corrected chi connectivity index (χ1v) is 10.9. The van der Waals surface area contributed by atoms with Crippen molar-refractivity contribution in [1.29, 1.82) is 0 Å². The van der Waals surface area contributed by atoms with Crippen LogP contribution in [0, 0.1) is 0 Å². The minimum absolute atomic E-state index is 0.0722. The van der Waals surface area contributed by atoms with Gasteiger partial charge in [-0.15, -0.1) is 11.8 Å². The molecule has 1 fully saturated rings. The van der Waals surface area contributed by atoms with Crippen LogP contribution in [0.3, 0.4) is 0 Å².